The van der Waals surface area contributed by atoms with E-state index in [4.69, 9.17) is 0 Å². The van der Waals surface area contributed by atoms with Crippen LogP contribution >= 0.6 is 0 Å². The van der Waals surface area contributed by atoms with Crippen LogP contribution in [0, 0.1) is 0 Å². The number of hydrogen-bond donors (Lipinski definition) is 0. The fourth-order valence-electron chi connectivity index (χ4n) is 9.56. The van der Waals surface area contributed by atoms with E-state index in [0.717, 1.165) is 0 Å². The molecule has 1 nitrogen and oxygen atoms in total. The van der Waals surface area contributed by atoms with Crippen LogP contribution in [0.2, 0.25) is 0 Å². The molecule has 0 atom stereocenters. The number of aromatic nitrogens is 1. The van der Waals surface area contributed by atoms with Gasteiger partial charge in [0.1, 0.15) is 19.0 Å². The second kappa shape index (κ2) is 16.8. The Morgan fingerprint density at radius 1 is 0.302 bits per heavy atom. The van der Waals surface area contributed by atoms with Gasteiger partial charge in [0.05, 0.1) is 11.0 Å². The Bertz CT molecular complexity index is 2720. The summed E-state index contributed by atoms with van der Waals surface area (Å²) in [5.41, 5.74) is 12.8. The molecule has 1 aromatic heterocycles. The van der Waals surface area contributed by atoms with E-state index in [1.54, 1.807) is 0 Å². The molecule has 0 aliphatic carbocycles. The molecule has 10 rings (SSSR count). The molecule has 4 radical (unpaired) electrons. The van der Waals surface area contributed by atoms with Crippen molar-refractivity contribution in [3.63, 3.8) is 0 Å². The first-order valence-electron chi connectivity index (χ1n) is 21.9. The van der Waals surface area contributed by atoms with Crippen molar-refractivity contribution in [1.82, 2.24) is 4.57 Å². The molecule has 0 N–H and O–H groups in total. The highest BCUT2D eigenvalue weighted by Crippen LogP contribution is 2.41. The fraction of sp³-hybridized carbons (Fsp3) is 0.100. The summed E-state index contributed by atoms with van der Waals surface area (Å²) in [6, 6.07) is 90.5. The van der Waals surface area contributed by atoms with Crippen molar-refractivity contribution in [3.05, 3.63) is 282 Å². The topological polar surface area (TPSA) is 4.93 Å². The van der Waals surface area contributed by atoms with Gasteiger partial charge >= 0.3 is 0 Å². The second-order valence-electron chi connectivity index (χ2n) is 17.5. The third kappa shape index (κ3) is 7.41. The zero-order valence-electron chi connectivity index (χ0n) is 36.0. The van der Waals surface area contributed by atoms with E-state index in [-0.39, 0.29) is 15.5 Å². The van der Waals surface area contributed by atoms with Crippen molar-refractivity contribution in [1.29, 1.82) is 0 Å². The first kappa shape index (κ1) is 40.3. The molecule has 302 valence electrons. The van der Waals surface area contributed by atoms with E-state index in [0.29, 0.717) is 19.0 Å². The first-order chi connectivity index (χ1) is 30.8. The maximum atomic E-state index is 2.51. The van der Waals surface area contributed by atoms with Crippen molar-refractivity contribution >= 4 is 51.2 Å². The van der Waals surface area contributed by atoms with Crippen LogP contribution in [-0.2, 0) is 15.5 Å². The van der Waals surface area contributed by atoms with Gasteiger partial charge in [0.15, 0.2) is 0 Å². The lowest BCUT2D eigenvalue weighted by Crippen LogP contribution is -2.42. The van der Waals surface area contributed by atoms with Gasteiger partial charge < -0.3 is 4.57 Å². The smallest absolute Gasteiger partial charge is 0.105 e. The summed E-state index contributed by atoms with van der Waals surface area (Å²) >= 11 is 0. The Balaban J connectivity index is 1.20. The highest BCUT2D eigenvalue weighted by Gasteiger charge is 2.39. The molecule has 0 saturated heterocycles. The predicted molar refractivity (Wildman–Crippen MR) is 269 cm³/mol. The van der Waals surface area contributed by atoms with Crippen molar-refractivity contribution in [2.24, 2.45) is 0 Å². The lowest BCUT2D eigenvalue weighted by molar-refractivity contribution is 0.590. The molecule has 0 aliphatic rings. The minimum Gasteiger partial charge on any atom is -0.309 e. The van der Waals surface area contributed by atoms with Crippen molar-refractivity contribution in [3.8, 4) is 5.69 Å². The Kier molecular flexibility index (Phi) is 10.8. The van der Waals surface area contributed by atoms with E-state index in [1.165, 1.54) is 76.8 Å². The van der Waals surface area contributed by atoms with Gasteiger partial charge in [-0.15, -0.1) is 0 Å². The predicted octanol–water partition coefficient (Wildman–Crippen LogP) is 12.7. The average molecular weight is 840 g/mol. The van der Waals surface area contributed by atoms with Crippen LogP contribution in [0.1, 0.15) is 59.7 Å². The van der Waals surface area contributed by atoms with Gasteiger partial charge in [0.2, 0.25) is 0 Å². The van der Waals surface area contributed by atoms with Crippen LogP contribution in [-0.4, -0.2) is 23.6 Å². The second-order valence-corrected chi connectivity index (χ2v) is 20.7. The van der Waals surface area contributed by atoms with Gasteiger partial charge in [0, 0.05) is 26.5 Å². The molecule has 10 aromatic rings. The van der Waals surface area contributed by atoms with E-state index in [2.05, 4.69) is 268 Å². The molecule has 0 fully saturated rings. The summed E-state index contributed by atoms with van der Waals surface area (Å²) in [4.78, 5) is 0. The molecule has 9 aromatic carbocycles. The van der Waals surface area contributed by atoms with E-state index < -0.39 is 0 Å². The Morgan fingerprint density at radius 3 is 0.857 bits per heavy atom. The largest absolute Gasteiger partial charge is 0.309 e. The van der Waals surface area contributed by atoms with Crippen LogP contribution in [0.25, 0.3) is 27.5 Å². The van der Waals surface area contributed by atoms with Gasteiger partial charge in [-0.05, 0) is 68.6 Å². The minimum absolute atomic E-state index is 0.0660. The summed E-state index contributed by atoms with van der Waals surface area (Å²) < 4.78 is 2.48. The molecular formula is C60H49NSi2. The van der Waals surface area contributed by atoms with E-state index in [1.807, 2.05) is 0 Å². The van der Waals surface area contributed by atoms with Crippen LogP contribution in [0.4, 0.5) is 0 Å². The van der Waals surface area contributed by atoms with Crippen LogP contribution in [0.5, 0.6) is 0 Å². The zero-order chi connectivity index (χ0) is 42.9. The lowest BCUT2D eigenvalue weighted by atomic mass is 9.84. The van der Waals surface area contributed by atoms with Gasteiger partial charge in [-0.3, -0.25) is 0 Å². The van der Waals surface area contributed by atoms with E-state index >= 15 is 0 Å². The maximum Gasteiger partial charge on any atom is 0.105 e. The number of fused-ring (bicyclic) bond motifs is 3. The fourth-order valence-corrected chi connectivity index (χ4v) is 13.1. The average Bonchev–Trinajstić information content (AvgIpc) is 3.66. The summed E-state index contributed by atoms with van der Waals surface area (Å²) in [7, 11) is 0.849. The third-order valence-electron chi connectivity index (χ3n) is 12.7. The third-order valence-corrected chi connectivity index (χ3v) is 16.3. The summed E-state index contributed by atoms with van der Waals surface area (Å²) in [5, 5.41) is 4.42. The SMILES string of the molecule is CC(C)(C)c1ccc(-n2c3ccc([Si]C(c4ccccc4)(c4ccccc4)c4ccccc4)cc3c3cc([Si]C(c4ccccc4)(c4ccccc4)c4ccccc4)ccc32)cc1. The van der Waals surface area contributed by atoms with Crippen molar-refractivity contribution in [2.45, 2.75) is 36.3 Å². The Labute approximate surface area is 377 Å². The van der Waals surface area contributed by atoms with Crippen LogP contribution in [0.3, 0.4) is 0 Å². The maximum absolute atomic E-state index is 2.51. The quantitative estimate of drug-likeness (QED) is 0.0903. The number of rotatable bonds is 11. The van der Waals surface area contributed by atoms with Gasteiger partial charge in [-0.2, -0.15) is 0 Å². The molecular weight excluding hydrogens is 791 g/mol. The van der Waals surface area contributed by atoms with E-state index in [9.17, 15) is 0 Å². The molecule has 0 spiro atoms. The van der Waals surface area contributed by atoms with Crippen molar-refractivity contribution < 1.29 is 0 Å². The molecule has 0 aliphatic heterocycles. The molecule has 63 heavy (non-hydrogen) atoms. The molecule has 3 heteroatoms. The van der Waals surface area contributed by atoms with Crippen molar-refractivity contribution in [2.75, 3.05) is 0 Å². The van der Waals surface area contributed by atoms with Gasteiger partial charge in [-0.1, -0.05) is 250 Å². The molecule has 0 bridgehead atoms. The monoisotopic (exact) mass is 839 g/mol. The van der Waals surface area contributed by atoms with Gasteiger partial charge in [0.25, 0.3) is 0 Å². The Morgan fingerprint density at radius 2 is 0.587 bits per heavy atom. The van der Waals surface area contributed by atoms with Gasteiger partial charge in [-0.25, -0.2) is 0 Å². The summed E-state index contributed by atoms with van der Waals surface area (Å²) in [6.07, 6.45) is 0. The standard InChI is InChI=1S/C60H49NSi2/c1-58(2,3)44-34-36-51(37-35-44)61-56-40-38-52(62-59(45-22-10-4-11-23-45,46-24-12-5-13-25-46)47-26-14-6-15-27-47)42-54(56)55-43-53(39-41-57(55)61)63-60(48-28-16-7-17-29-48,49-30-18-8-19-31-49)50-32-20-9-21-33-50/h4-43H,1-3H3. The lowest BCUT2D eigenvalue weighted by Gasteiger charge is -2.36. The Hall–Kier alpha value is -6.79. The first-order valence-corrected chi connectivity index (χ1v) is 23.9. The number of hydrogen-bond acceptors (Lipinski definition) is 0. The van der Waals surface area contributed by atoms with Crippen LogP contribution in [0.15, 0.2) is 243 Å². The summed E-state index contributed by atoms with van der Waals surface area (Å²) in [6.45, 7) is 6.86. The molecule has 0 saturated carbocycles. The number of benzene rings is 9. The van der Waals surface area contributed by atoms with Crippen LogP contribution < -0.4 is 10.4 Å². The molecule has 0 unspecified atom stereocenters. The minimum atomic E-state index is -0.383. The number of nitrogens with zero attached hydrogens (tertiary/aromatic N) is 1. The highest BCUT2D eigenvalue weighted by atomic mass is 28.2. The summed E-state index contributed by atoms with van der Waals surface area (Å²) in [5.74, 6) is 0. The molecule has 0 amide bonds. The highest BCUT2D eigenvalue weighted by molar-refractivity contribution is 6.60. The normalized spacial score (nSPS) is 12.2. The molecule has 1 heterocycles. The zero-order valence-corrected chi connectivity index (χ0v) is 38.0.